The van der Waals surface area contributed by atoms with Gasteiger partial charge in [-0.3, -0.25) is 4.79 Å². The van der Waals surface area contributed by atoms with E-state index in [1.165, 1.54) is 24.5 Å². The number of aromatic nitrogens is 2. The van der Waals surface area contributed by atoms with Crippen molar-refractivity contribution in [1.29, 1.82) is 0 Å². The zero-order valence-corrected chi connectivity index (χ0v) is 15.5. The minimum atomic E-state index is -0.331. The Hall–Kier alpha value is -3.23. The molecule has 1 aliphatic rings. The number of carbonyl (C=O) groups excluding carboxylic acids is 2. The second kappa shape index (κ2) is 9.12. The van der Waals surface area contributed by atoms with Crippen LogP contribution in [0.4, 0.5) is 20.7 Å². The van der Waals surface area contributed by atoms with Gasteiger partial charge in [-0.15, -0.1) is 0 Å². The van der Waals surface area contributed by atoms with E-state index < -0.39 is 0 Å². The number of carbonyl (C=O) groups is 2. The molecule has 0 unspecified atom stereocenters. The van der Waals surface area contributed by atoms with Gasteiger partial charge >= 0.3 is 6.09 Å². The number of anilines is 2. The molecule has 28 heavy (non-hydrogen) atoms. The lowest BCUT2D eigenvalue weighted by atomic mass is 10.1. The molecule has 0 atom stereocenters. The van der Waals surface area contributed by atoms with Crippen molar-refractivity contribution >= 4 is 23.5 Å². The van der Waals surface area contributed by atoms with Gasteiger partial charge in [0.05, 0.1) is 6.61 Å². The van der Waals surface area contributed by atoms with Crippen LogP contribution >= 0.6 is 0 Å². The molecule has 2 aromatic rings. The fourth-order valence-corrected chi connectivity index (χ4v) is 2.91. The number of nitrogens with one attached hydrogen (secondary N) is 2. The molecule has 0 radical (unpaired) electrons. The number of halogens is 1. The van der Waals surface area contributed by atoms with E-state index in [2.05, 4.69) is 20.6 Å². The molecule has 1 aliphatic heterocycles. The predicted octanol–water partition coefficient (Wildman–Crippen LogP) is 2.71. The van der Waals surface area contributed by atoms with E-state index in [4.69, 9.17) is 4.74 Å². The van der Waals surface area contributed by atoms with Crippen LogP contribution in [0.2, 0.25) is 0 Å². The number of likely N-dealkylation sites (tertiary alicyclic amines) is 1. The van der Waals surface area contributed by atoms with Gasteiger partial charge in [-0.05, 0) is 44.0 Å². The molecule has 148 valence electrons. The maximum Gasteiger partial charge on any atom is 0.409 e. The molecule has 1 aromatic heterocycles. The highest BCUT2D eigenvalue weighted by Gasteiger charge is 2.25. The van der Waals surface area contributed by atoms with Crippen LogP contribution < -0.4 is 10.6 Å². The molecule has 1 aromatic carbocycles. The molecule has 9 heteroatoms. The zero-order chi connectivity index (χ0) is 19.9. The molecular formula is C19H22FN5O3. The van der Waals surface area contributed by atoms with E-state index in [0.717, 1.165) is 0 Å². The molecular weight excluding hydrogens is 365 g/mol. The number of hydrogen-bond donors (Lipinski definition) is 2. The zero-order valence-electron chi connectivity index (χ0n) is 15.5. The summed E-state index contributed by atoms with van der Waals surface area (Å²) in [5.74, 6) is -0.203. The Morgan fingerprint density at radius 2 is 1.93 bits per heavy atom. The van der Waals surface area contributed by atoms with Gasteiger partial charge in [0.2, 0.25) is 0 Å². The predicted molar refractivity (Wildman–Crippen MR) is 101 cm³/mol. The second-order valence-electron chi connectivity index (χ2n) is 6.35. The number of amides is 2. The molecule has 2 heterocycles. The van der Waals surface area contributed by atoms with Gasteiger partial charge in [0.1, 0.15) is 23.7 Å². The van der Waals surface area contributed by atoms with Crippen LogP contribution in [0.15, 0.2) is 36.7 Å². The van der Waals surface area contributed by atoms with Gasteiger partial charge in [0.25, 0.3) is 5.91 Å². The fraction of sp³-hybridized carbons (Fsp3) is 0.368. The number of hydrogen-bond acceptors (Lipinski definition) is 6. The highest BCUT2D eigenvalue weighted by molar-refractivity contribution is 5.93. The summed E-state index contributed by atoms with van der Waals surface area (Å²) in [5, 5.41) is 5.94. The first-order chi connectivity index (χ1) is 13.5. The van der Waals surface area contributed by atoms with E-state index in [1.807, 2.05) is 0 Å². The summed E-state index contributed by atoms with van der Waals surface area (Å²) in [6.45, 7) is 3.18. The van der Waals surface area contributed by atoms with Crippen LogP contribution in [0.3, 0.4) is 0 Å². The number of nitrogens with zero attached hydrogens (tertiary/aromatic N) is 3. The summed E-state index contributed by atoms with van der Waals surface area (Å²) in [5.41, 5.74) is 0.880. The van der Waals surface area contributed by atoms with Gasteiger partial charge in [-0.1, -0.05) is 0 Å². The summed E-state index contributed by atoms with van der Waals surface area (Å²) in [6.07, 6.45) is 2.27. The smallest absolute Gasteiger partial charge is 0.409 e. The molecule has 1 fully saturated rings. The third-order valence-electron chi connectivity index (χ3n) is 4.37. The fourth-order valence-electron chi connectivity index (χ4n) is 2.91. The van der Waals surface area contributed by atoms with E-state index >= 15 is 0 Å². The first-order valence-corrected chi connectivity index (χ1v) is 9.12. The van der Waals surface area contributed by atoms with Crippen LogP contribution in [0.1, 0.15) is 30.3 Å². The Balaban J connectivity index is 1.55. The molecule has 0 aliphatic carbocycles. The Labute approximate surface area is 162 Å². The minimum Gasteiger partial charge on any atom is -0.450 e. The van der Waals surface area contributed by atoms with E-state index in [-0.39, 0.29) is 29.6 Å². The van der Waals surface area contributed by atoms with Crippen molar-refractivity contribution in [3.63, 3.8) is 0 Å². The third-order valence-corrected chi connectivity index (χ3v) is 4.37. The highest BCUT2D eigenvalue weighted by Crippen LogP contribution is 2.16. The Bertz CT molecular complexity index is 823. The number of piperidine rings is 1. The molecule has 3 rings (SSSR count). The largest absolute Gasteiger partial charge is 0.450 e. The first kappa shape index (κ1) is 19.5. The average Bonchev–Trinajstić information content (AvgIpc) is 2.71. The van der Waals surface area contributed by atoms with E-state index in [9.17, 15) is 14.0 Å². The number of ether oxygens (including phenoxy) is 1. The van der Waals surface area contributed by atoms with Gasteiger partial charge in [-0.2, -0.15) is 0 Å². The van der Waals surface area contributed by atoms with Crippen molar-refractivity contribution < 1.29 is 18.7 Å². The lowest BCUT2D eigenvalue weighted by molar-refractivity contribution is 0.0856. The Kier molecular flexibility index (Phi) is 6.36. The van der Waals surface area contributed by atoms with Gasteiger partial charge in [0, 0.05) is 30.9 Å². The van der Waals surface area contributed by atoms with Crippen molar-refractivity contribution in [1.82, 2.24) is 20.2 Å². The molecule has 8 nitrogen and oxygen atoms in total. The van der Waals surface area contributed by atoms with Crippen LogP contribution in [-0.4, -0.2) is 52.6 Å². The molecule has 2 amide bonds. The van der Waals surface area contributed by atoms with Gasteiger partial charge in [-0.25, -0.2) is 19.2 Å². The van der Waals surface area contributed by atoms with E-state index in [1.54, 1.807) is 24.0 Å². The SMILES string of the molecule is CCOC(=O)N1CCC(NC(=O)c2cc(Nc3ccc(F)cc3)ncn2)CC1. The minimum absolute atomic E-state index is 0.0401. The molecule has 0 saturated carbocycles. The third kappa shape index (κ3) is 5.15. The van der Waals surface area contributed by atoms with Crippen LogP contribution in [-0.2, 0) is 4.74 Å². The van der Waals surface area contributed by atoms with Crippen molar-refractivity contribution in [3.8, 4) is 0 Å². The summed E-state index contributed by atoms with van der Waals surface area (Å²) in [6, 6.07) is 7.32. The summed E-state index contributed by atoms with van der Waals surface area (Å²) in [4.78, 5) is 34.0. The Morgan fingerprint density at radius 1 is 1.21 bits per heavy atom. The maximum absolute atomic E-state index is 13.0. The maximum atomic E-state index is 13.0. The highest BCUT2D eigenvalue weighted by atomic mass is 19.1. The quantitative estimate of drug-likeness (QED) is 0.819. The first-order valence-electron chi connectivity index (χ1n) is 9.12. The number of rotatable bonds is 5. The average molecular weight is 387 g/mol. The monoisotopic (exact) mass is 387 g/mol. The summed E-state index contributed by atoms with van der Waals surface area (Å²) < 4.78 is 18.0. The number of benzene rings is 1. The normalized spacial score (nSPS) is 14.4. The second-order valence-corrected chi connectivity index (χ2v) is 6.35. The summed E-state index contributed by atoms with van der Waals surface area (Å²) in [7, 11) is 0. The van der Waals surface area contributed by atoms with Gasteiger partial charge in [0.15, 0.2) is 0 Å². The van der Waals surface area contributed by atoms with Crippen molar-refractivity contribution in [3.05, 3.63) is 48.2 Å². The molecule has 0 bridgehead atoms. The van der Waals surface area contributed by atoms with Crippen molar-refractivity contribution in [2.75, 3.05) is 25.0 Å². The van der Waals surface area contributed by atoms with E-state index in [0.29, 0.717) is 44.0 Å². The lowest BCUT2D eigenvalue weighted by Gasteiger charge is -2.31. The molecule has 0 spiro atoms. The molecule has 1 saturated heterocycles. The Morgan fingerprint density at radius 3 is 2.61 bits per heavy atom. The molecule has 2 N–H and O–H groups in total. The topological polar surface area (TPSA) is 96.5 Å². The summed E-state index contributed by atoms with van der Waals surface area (Å²) >= 11 is 0. The standard InChI is InChI=1S/C19H22FN5O3/c1-2-28-19(27)25-9-7-15(8-10-25)24-18(26)16-11-17(22-12-21-16)23-14-5-3-13(20)4-6-14/h3-6,11-12,15H,2,7-10H2,1H3,(H,24,26)(H,21,22,23). The lowest BCUT2D eigenvalue weighted by Crippen LogP contribution is -2.46. The van der Waals surface area contributed by atoms with Crippen LogP contribution in [0, 0.1) is 5.82 Å². The van der Waals surface area contributed by atoms with Crippen LogP contribution in [0.25, 0.3) is 0 Å². The van der Waals surface area contributed by atoms with Crippen molar-refractivity contribution in [2.24, 2.45) is 0 Å². The van der Waals surface area contributed by atoms with Crippen molar-refractivity contribution in [2.45, 2.75) is 25.8 Å². The van der Waals surface area contributed by atoms with Gasteiger partial charge < -0.3 is 20.3 Å². The van der Waals surface area contributed by atoms with Crippen LogP contribution in [0.5, 0.6) is 0 Å².